The van der Waals surface area contributed by atoms with Gasteiger partial charge in [0.25, 0.3) is 5.91 Å². The van der Waals surface area contributed by atoms with Gasteiger partial charge in [-0.15, -0.1) is 0 Å². The van der Waals surface area contributed by atoms with Crippen molar-refractivity contribution in [2.24, 2.45) is 0 Å². The summed E-state index contributed by atoms with van der Waals surface area (Å²) in [5.41, 5.74) is 3.50. The first-order valence-corrected chi connectivity index (χ1v) is 7.55. The minimum Gasteiger partial charge on any atom is -0.465 e. The molecule has 3 rings (SSSR count). The highest BCUT2D eigenvalue weighted by molar-refractivity contribution is 6.08. The van der Waals surface area contributed by atoms with Gasteiger partial charge in [0.2, 0.25) is 0 Å². The molecule has 0 N–H and O–H groups in total. The lowest BCUT2D eigenvalue weighted by atomic mass is 10.1. The van der Waals surface area contributed by atoms with Crippen LogP contribution in [0.25, 0.3) is 0 Å². The summed E-state index contributed by atoms with van der Waals surface area (Å²) in [6.45, 7) is 4.26. The number of carbonyl (C=O) groups is 2. The maximum absolute atomic E-state index is 12.9. The zero-order chi connectivity index (χ0) is 16.6. The molecule has 2 heterocycles. The third kappa shape index (κ3) is 2.50. The van der Waals surface area contributed by atoms with Gasteiger partial charge in [0, 0.05) is 12.2 Å². The SMILES string of the molecule is CCc1noc(C)c1C(=O)N1CCc2cc(C(=O)OC)ccc21. The smallest absolute Gasteiger partial charge is 0.337 e. The summed E-state index contributed by atoms with van der Waals surface area (Å²) in [6.07, 6.45) is 1.35. The van der Waals surface area contributed by atoms with Crippen LogP contribution in [-0.4, -0.2) is 30.7 Å². The second-order valence-electron chi connectivity index (χ2n) is 5.46. The van der Waals surface area contributed by atoms with Gasteiger partial charge in [-0.2, -0.15) is 0 Å². The Balaban J connectivity index is 1.95. The number of hydrogen-bond donors (Lipinski definition) is 0. The minimum atomic E-state index is -0.374. The van der Waals surface area contributed by atoms with Crippen LogP contribution < -0.4 is 4.90 Å². The number of aromatic nitrogens is 1. The second kappa shape index (κ2) is 5.87. The lowest BCUT2D eigenvalue weighted by Gasteiger charge is -2.17. The minimum absolute atomic E-state index is 0.106. The van der Waals surface area contributed by atoms with E-state index in [1.807, 2.05) is 6.92 Å². The monoisotopic (exact) mass is 314 g/mol. The molecule has 1 aliphatic heterocycles. The molecule has 0 atom stereocenters. The normalized spacial score (nSPS) is 13.1. The van der Waals surface area contributed by atoms with Crippen molar-refractivity contribution in [2.75, 3.05) is 18.6 Å². The molecule has 6 heteroatoms. The standard InChI is InChI=1S/C17H18N2O4/c1-4-13-15(10(2)23-18-13)16(20)19-8-7-11-9-12(17(21)22-3)5-6-14(11)19/h5-6,9H,4,7-8H2,1-3H3. The Morgan fingerprint density at radius 3 is 2.87 bits per heavy atom. The molecule has 0 spiro atoms. The van der Waals surface area contributed by atoms with E-state index in [4.69, 9.17) is 9.26 Å². The van der Waals surface area contributed by atoms with Gasteiger partial charge in [-0.3, -0.25) is 4.79 Å². The van der Waals surface area contributed by atoms with Gasteiger partial charge in [0.05, 0.1) is 18.4 Å². The molecular formula is C17H18N2O4. The summed E-state index contributed by atoms with van der Waals surface area (Å²) in [5.74, 6) is 0.0531. The molecule has 0 bridgehead atoms. The molecule has 0 fully saturated rings. The van der Waals surface area contributed by atoms with Crippen LogP contribution in [0, 0.1) is 6.92 Å². The fraction of sp³-hybridized carbons (Fsp3) is 0.353. The summed E-state index contributed by atoms with van der Waals surface area (Å²) in [7, 11) is 1.35. The molecule has 1 amide bonds. The van der Waals surface area contributed by atoms with Crippen LogP contribution in [0.1, 0.15) is 44.7 Å². The van der Waals surface area contributed by atoms with Crippen molar-refractivity contribution < 1.29 is 18.8 Å². The summed E-state index contributed by atoms with van der Waals surface area (Å²) >= 11 is 0. The van der Waals surface area contributed by atoms with E-state index in [-0.39, 0.29) is 11.9 Å². The zero-order valence-corrected chi connectivity index (χ0v) is 13.4. The number of hydrogen-bond acceptors (Lipinski definition) is 5. The first-order chi connectivity index (χ1) is 11.1. The molecule has 120 valence electrons. The molecular weight excluding hydrogens is 296 g/mol. The molecule has 0 saturated carbocycles. The summed E-state index contributed by atoms with van der Waals surface area (Å²) in [5, 5.41) is 3.95. The van der Waals surface area contributed by atoms with Crippen LogP contribution in [0.4, 0.5) is 5.69 Å². The van der Waals surface area contributed by atoms with E-state index < -0.39 is 0 Å². The topological polar surface area (TPSA) is 72.6 Å². The van der Waals surface area contributed by atoms with E-state index in [2.05, 4.69) is 5.16 Å². The Morgan fingerprint density at radius 2 is 2.17 bits per heavy atom. The molecule has 2 aromatic rings. The van der Waals surface area contributed by atoms with E-state index in [0.717, 1.165) is 11.3 Å². The van der Waals surface area contributed by atoms with Crippen molar-refractivity contribution >= 4 is 17.6 Å². The van der Waals surface area contributed by atoms with E-state index in [1.165, 1.54) is 7.11 Å². The molecule has 1 aliphatic rings. The number of fused-ring (bicyclic) bond motifs is 1. The van der Waals surface area contributed by atoms with Crippen molar-refractivity contribution in [3.63, 3.8) is 0 Å². The van der Waals surface area contributed by atoms with E-state index >= 15 is 0 Å². The van der Waals surface area contributed by atoms with E-state index in [1.54, 1.807) is 30.0 Å². The highest BCUT2D eigenvalue weighted by Crippen LogP contribution is 2.31. The van der Waals surface area contributed by atoms with Crippen LogP contribution >= 0.6 is 0 Å². The molecule has 23 heavy (non-hydrogen) atoms. The predicted octanol–water partition coefficient (Wildman–Crippen LogP) is 2.53. The number of methoxy groups -OCH3 is 1. The average molecular weight is 314 g/mol. The van der Waals surface area contributed by atoms with Gasteiger partial charge in [-0.1, -0.05) is 12.1 Å². The first-order valence-electron chi connectivity index (χ1n) is 7.55. The number of anilines is 1. The quantitative estimate of drug-likeness (QED) is 0.814. The summed E-state index contributed by atoms with van der Waals surface area (Å²) in [6, 6.07) is 5.26. The van der Waals surface area contributed by atoms with Gasteiger partial charge < -0.3 is 14.2 Å². The Bertz CT molecular complexity index is 779. The molecule has 6 nitrogen and oxygen atoms in total. The maximum atomic E-state index is 12.9. The number of esters is 1. The number of ether oxygens (including phenoxy) is 1. The molecule has 1 aromatic carbocycles. The molecule has 1 aromatic heterocycles. The van der Waals surface area contributed by atoms with E-state index in [0.29, 0.717) is 42.0 Å². The fourth-order valence-corrected chi connectivity index (χ4v) is 2.93. The number of carbonyl (C=O) groups excluding carboxylic acids is 2. The summed E-state index contributed by atoms with van der Waals surface area (Å²) < 4.78 is 9.90. The lowest BCUT2D eigenvalue weighted by molar-refractivity contribution is 0.0600. The number of nitrogens with zero attached hydrogens (tertiary/aromatic N) is 2. The predicted molar refractivity (Wildman–Crippen MR) is 83.8 cm³/mol. The maximum Gasteiger partial charge on any atom is 0.337 e. The van der Waals surface area contributed by atoms with Crippen LogP contribution in [0.15, 0.2) is 22.7 Å². The van der Waals surface area contributed by atoms with Gasteiger partial charge in [-0.05, 0) is 43.5 Å². The Morgan fingerprint density at radius 1 is 1.39 bits per heavy atom. The van der Waals surface area contributed by atoms with Gasteiger partial charge >= 0.3 is 5.97 Å². The van der Waals surface area contributed by atoms with Gasteiger partial charge in [-0.25, -0.2) is 4.79 Å². The van der Waals surface area contributed by atoms with Crippen LogP contribution in [0.2, 0.25) is 0 Å². The van der Waals surface area contributed by atoms with Crippen LogP contribution in [-0.2, 0) is 17.6 Å². The van der Waals surface area contributed by atoms with Crippen LogP contribution in [0.5, 0.6) is 0 Å². The Labute approximate surface area is 134 Å². The van der Waals surface area contributed by atoms with Crippen LogP contribution in [0.3, 0.4) is 0 Å². The van der Waals surface area contributed by atoms with Gasteiger partial charge in [0.15, 0.2) is 0 Å². The highest BCUT2D eigenvalue weighted by Gasteiger charge is 2.30. The first kappa shape index (κ1) is 15.3. The van der Waals surface area contributed by atoms with Crippen molar-refractivity contribution in [2.45, 2.75) is 26.7 Å². The van der Waals surface area contributed by atoms with E-state index in [9.17, 15) is 9.59 Å². The fourth-order valence-electron chi connectivity index (χ4n) is 2.93. The largest absolute Gasteiger partial charge is 0.465 e. The molecule has 0 aliphatic carbocycles. The zero-order valence-electron chi connectivity index (χ0n) is 13.4. The third-order valence-electron chi connectivity index (χ3n) is 4.12. The Kier molecular flexibility index (Phi) is 3.90. The molecule has 0 saturated heterocycles. The molecule has 0 unspecified atom stereocenters. The lowest BCUT2D eigenvalue weighted by Crippen LogP contribution is -2.29. The molecule has 0 radical (unpaired) electrons. The van der Waals surface area contributed by atoms with Gasteiger partial charge in [0.1, 0.15) is 11.3 Å². The highest BCUT2D eigenvalue weighted by atomic mass is 16.5. The average Bonchev–Trinajstić information content (AvgIpc) is 3.16. The van der Waals surface area contributed by atoms with Crippen molar-refractivity contribution in [3.8, 4) is 0 Å². The number of amides is 1. The number of rotatable bonds is 3. The van der Waals surface area contributed by atoms with Crippen molar-refractivity contribution in [3.05, 3.63) is 46.3 Å². The third-order valence-corrected chi connectivity index (χ3v) is 4.12. The second-order valence-corrected chi connectivity index (χ2v) is 5.46. The Hall–Kier alpha value is -2.63. The number of aryl methyl sites for hydroxylation is 2. The van der Waals surface area contributed by atoms with Crippen molar-refractivity contribution in [1.82, 2.24) is 5.16 Å². The number of benzene rings is 1. The van der Waals surface area contributed by atoms with Crippen molar-refractivity contribution in [1.29, 1.82) is 0 Å². The summed E-state index contributed by atoms with van der Waals surface area (Å²) in [4.78, 5) is 26.2.